The monoisotopic (exact) mass is 307 g/mol. The van der Waals surface area contributed by atoms with Crippen molar-refractivity contribution >= 4 is 11.9 Å². The van der Waals surface area contributed by atoms with E-state index in [1.165, 1.54) is 0 Å². The molecule has 1 amide bonds. The molecule has 0 fully saturated rings. The van der Waals surface area contributed by atoms with Crippen LogP contribution in [0.5, 0.6) is 5.75 Å². The zero-order valence-electron chi connectivity index (χ0n) is 12.9. The highest BCUT2D eigenvalue weighted by Crippen LogP contribution is 2.17. The van der Waals surface area contributed by atoms with Crippen molar-refractivity contribution in [3.8, 4) is 5.75 Å². The van der Waals surface area contributed by atoms with Crippen molar-refractivity contribution in [2.75, 3.05) is 6.54 Å². The maximum atomic E-state index is 11.7. The van der Waals surface area contributed by atoms with Crippen LogP contribution >= 0.6 is 0 Å². The number of hydrogen-bond acceptors (Lipinski definition) is 3. The minimum atomic E-state index is -0.739. The van der Waals surface area contributed by atoms with Crippen molar-refractivity contribution in [2.45, 2.75) is 51.4 Å². The Labute approximate surface area is 131 Å². The van der Waals surface area contributed by atoms with Crippen LogP contribution in [0.25, 0.3) is 0 Å². The summed E-state index contributed by atoms with van der Waals surface area (Å²) in [7, 11) is 0. The van der Waals surface area contributed by atoms with Gasteiger partial charge in [-0.1, -0.05) is 37.5 Å². The molecule has 0 aliphatic rings. The van der Waals surface area contributed by atoms with E-state index in [1.807, 2.05) is 12.1 Å². The van der Waals surface area contributed by atoms with Crippen molar-refractivity contribution in [3.05, 3.63) is 29.8 Å². The molecule has 0 aromatic heterocycles. The molecule has 0 bridgehead atoms. The SMILES string of the molecule is O=C(O)CCCCCCCNC(=O)CCc1ccccc1O. The van der Waals surface area contributed by atoms with E-state index >= 15 is 0 Å². The molecule has 5 heteroatoms. The number of phenols is 1. The maximum absolute atomic E-state index is 11.7. The number of carbonyl (C=O) groups excluding carboxylic acids is 1. The van der Waals surface area contributed by atoms with E-state index in [1.54, 1.807) is 12.1 Å². The number of aryl methyl sites for hydroxylation is 1. The second-order valence-electron chi connectivity index (χ2n) is 5.39. The summed E-state index contributed by atoms with van der Waals surface area (Å²) >= 11 is 0. The van der Waals surface area contributed by atoms with Gasteiger partial charge in [-0.25, -0.2) is 0 Å². The van der Waals surface area contributed by atoms with E-state index in [2.05, 4.69) is 5.32 Å². The number of amides is 1. The van der Waals surface area contributed by atoms with Gasteiger partial charge in [-0.3, -0.25) is 9.59 Å². The average molecular weight is 307 g/mol. The van der Waals surface area contributed by atoms with Gasteiger partial charge in [0.25, 0.3) is 0 Å². The summed E-state index contributed by atoms with van der Waals surface area (Å²) in [6.07, 6.45) is 5.71. The Bertz CT molecular complexity index is 473. The third-order valence-electron chi connectivity index (χ3n) is 3.50. The lowest BCUT2D eigenvalue weighted by Crippen LogP contribution is -2.24. The van der Waals surface area contributed by atoms with Crippen LogP contribution in [0.4, 0.5) is 0 Å². The Kier molecular flexibility index (Phi) is 8.72. The van der Waals surface area contributed by atoms with Crippen molar-refractivity contribution in [2.24, 2.45) is 0 Å². The number of rotatable bonds is 11. The summed E-state index contributed by atoms with van der Waals surface area (Å²) in [6.45, 7) is 0.651. The molecule has 0 atom stereocenters. The van der Waals surface area contributed by atoms with E-state index in [0.29, 0.717) is 19.4 Å². The van der Waals surface area contributed by atoms with Crippen molar-refractivity contribution < 1.29 is 19.8 Å². The number of phenolic OH excluding ortho intramolecular Hbond substituents is 1. The predicted octanol–water partition coefficient (Wildman–Crippen LogP) is 2.87. The molecule has 0 saturated carbocycles. The zero-order valence-corrected chi connectivity index (χ0v) is 12.9. The molecule has 0 radical (unpaired) electrons. The summed E-state index contributed by atoms with van der Waals surface area (Å²) in [5.41, 5.74) is 0.788. The van der Waals surface area contributed by atoms with E-state index in [9.17, 15) is 14.7 Å². The normalized spacial score (nSPS) is 10.4. The van der Waals surface area contributed by atoms with Crippen LogP contribution in [0.15, 0.2) is 24.3 Å². The molecule has 0 unspecified atom stereocenters. The fourth-order valence-corrected chi connectivity index (χ4v) is 2.22. The molecule has 3 N–H and O–H groups in total. The lowest BCUT2D eigenvalue weighted by Gasteiger charge is -2.06. The summed E-state index contributed by atoms with van der Waals surface area (Å²) in [5, 5.41) is 21.0. The van der Waals surface area contributed by atoms with Gasteiger partial charge in [-0.05, 0) is 30.9 Å². The quantitative estimate of drug-likeness (QED) is 0.549. The first kappa shape index (κ1) is 18.0. The van der Waals surface area contributed by atoms with Gasteiger partial charge < -0.3 is 15.5 Å². The highest BCUT2D eigenvalue weighted by Gasteiger charge is 2.04. The summed E-state index contributed by atoms with van der Waals surface area (Å²) < 4.78 is 0. The van der Waals surface area contributed by atoms with Gasteiger partial charge in [0.2, 0.25) is 5.91 Å². The Morgan fingerprint density at radius 1 is 0.955 bits per heavy atom. The molecule has 1 rings (SSSR count). The van der Waals surface area contributed by atoms with Crippen LogP contribution in [-0.4, -0.2) is 28.6 Å². The third kappa shape index (κ3) is 8.29. The van der Waals surface area contributed by atoms with Crippen LogP contribution in [0.1, 0.15) is 50.5 Å². The molecule has 22 heavy (non-hydrogen) atoms. The van der Waals surface area contributed by atoms with Crippen molar-refractivity contribution in [1.29, 1.82) is 0 Å². The number of carboxylic acids is 1. The zero-order chi connectivity index (χ0) is 16.2. The Morgan fingerprint density at radius 2 is 1.64 bits per heavy atom. The molecule has 5 nitrogen and oxygen atoms in total. The molecule has 0 aliphatic carbocycles. The largest absolute Gasteiger partial charge is 0.508 e. The van der Waals surface area contributed by atoms with E-state index < -0.39 is 5.97 Å². The van der Waals surface area contributed by atoms with Crippen molar-refractivity contribution in [3.63, 3.8) is 0 Å². The summed E-state index contributed by atoms with van der Waals surface area (Å²) in [5.74, 6) is -0.512. The van der Waals surface area contributed by atoms with Crippen LogP contribution in [-0.2, 0) is 16.0 Å². The van der Waals surface area contributed by atoms with Gasteiger partial charge in [0.15, 0.2) is 0 Å². The van der Waals surface area contributed by atoms with E-state index in [-0.39, 0.29) is 18.1 Å². The molecular formula is C17H25NO4. The number of benzene rings is 1. The molecule has 122 valence electrons. The second kappa shape index (κ2) is 10.7. The van der Waals surface area contributed by atoms with Crippen LogP contribution in [0.2, 0.25) is 0 Å². The number of carbonyl (C=O) groups is 2. The summed E-state index contributed by atoms with van der Waals surface area (Å²) in [6, 6.07) is 7.05. The van der Waals surface area contributed by atoms with Gasteiger partial charge in [-0.15, -0.1) is 0 Å². The predicted molar refractivity (Wildman–Crippen MR) is 84.8 cm³/mol. The first-order chi connectivity index (χ1) is 10.6. The van der Waals surface area contributed by atoms with Gasteiger partial charge in [-0.2, -0.15) is 0 Å². The molecule has 1 aromatic carbocycles. The van der Waals surface area contributed by atoms with Crippen LogP contribution < -0.4 is 5.32 Å². The fraction of sp³-hybridized carbons (Fsp3) is 0.529. The van der Waals surface area contributed by atoms with Gasteiger partial charge in [0.1, 0.15) is 5.75 Å². The highest BCUT2D eigenvalue weighted by atomic mass is 16.4. The van der Waals surface area contributed by atoms with Gasteiger partial charge in [0, 0.05) is 19.4 Å². The smallest absolute Gasteiger partial charge is 0.303 e. The molecule has 0 heterocycles. The number of carboxylic acid groups (broad SMARTS) is 1. The Hall–Kier alpha value is -2.04. The highest BCUT2D eigenvalue weighted by molar-refractivity contribution is 5.76. The average Bonchev–Trinajstić information content (AvgIpc) is 2.49. The maximum Gasteiger partial charge on any atom is 0.303 e. The van der Waals surface area contributed by atoms with E-state index in [0.717, 1.165) is 37.7 Å². The minimum absolute atomic E-state index is 0.00543. The number of aromatic hydroxyl groups is 1. The van der Waals surface area contributed by atoms with Gasteiger partial charge >= 0.3 is 5.97 Å². The second-order valence-corrected chi connectivity index (χ2v) is 5.39. The first-order valence-electron chi connectivity index (χ1n) is 7.85. The number of nitrogens with one attached hydrogen (secondary N) is 1. The van der Waals surface area contributed by atoms with Crippen molar-refractivity contribution in [1.82, 2.24) is 5.32 Å². The van der Waals surface area contributed by atoms with Crippen LogP contribution in [0.3, 0.4) is 0 Å². The Morgan fingerprint density at radius 3 is 2.36 bits per heavy atom. The lowest BCUT2D eigenvalue weighted by molar-refractivity contribution is -0.137. The number of unbranched alkanes of at least 4 members (excludes halogenated alkanes) is 4. The molecular weight excluding hydrogens is 282 g/mol. The molecule has 0 aliphatic heterocycles. The first-order valence-corrected chi connectivity index (χ1v) is 7.85. The number of para-hydroxylation sites is 1. The fourth-order valence-electron chi connectivity index (χ4n) is 2.22. The van der Waals surface area contributed by atoms with Crippen LogP contribution in [0, 0.1) is 0 Å². The Balaban J connectivity index is 2.00. The lowest BCUT2D eigenvalue weighted by atomic mass is 10.1. The molecule has 0 saturated heterocycles. The topological polar surface area (TPSA) is 86.6 Å². The summed E-state index contributed by atoms with van der Waals surface area (Å²) in [4.78, 5) is 22.0. The minimum Gasteiger partial charge on any atom is -0.508 e. The van der Waals surface area contributed by atoms with Gasteiger partial charge in [0.05, 0.1) is 0 Å². The number of hydrogen-bond donors (Lipinski definition) is 3. The third-order valence-corrected chi connectivity index (χ3v) is 3.50. The molecule has 1 aromatic rings. The standard InChI is InChI=1S/C17H25NO4/c19-15-9-6-5-8-14(15)11-12-16(20)18-13-7-3-1-2-4-10-17(21)22/h5-6,8-9,19H,1-4,7,10-13H2,(H,18,20)(H,21,22). The number of aliphatic carboxylic acids is 1. The molecule has 0 spiro atoms. The van der Waals surface area contributed by atoms with E-state index in [4.69, 9.17) is 5.11 Å².